The zero-order valence-corrected chi connectivity index (χ0v) is 15.7. The highest BCUT2D eigenvalue weighted by Gasteiger charge is 2.28. The number of aryl methyl sites for hydroxylation is 2. The van der Waals surface area contributed by atoms with Crippen LogP contribution < -0.4 is 5.32 Å². The van der Waals surface area contributed by atoms with Gasteiger partial charge in [0.15, 0.2) is 0 Å². The van der Waals surface area contributed by atoms with Crippen molar-refractivity contribution in [2.45, 2.75) is 13.8 Å². The van der Waals surface area contributed by atoms with Crippen LogP contribution in [0, 0.1) is 13.8 Å². The maximum absolute atomic E-state index is 9.77. The number of hydrogen-bond acceptors (Lipinski definition) is 5. The van der Waals surface area contributed by atoms with Gasteiger partial charge in [0.1, 0.15) is 17.3 Å². The summed E-state index contributed by atoms with van der Waals surface area (Å²) in [6.07, 6.45) is 0. The van der Waals surface area contributed by atoms with E-state index in [1.165, 1.54) is 0 Å². The van der Waals surface area contributed by atoms with Gasteiger partial charge in [-0.2, -0.15) is 0 Å². The minimum atomic E-state index is 0.237. The lowest BCUT2D eigenvalue weighted by Gasteiger charge is -2.13. The largest absolute Gasteiger partial charge is 0.508 e. The Kier molecular flexibility index (Phi) is 3.72. The number of aromatic hydroxyl groups is 1. The van der Waals surface area contributed by atoms with Crippen LogP contribution in [0.3, 0.4) is 0 Å². The summed E-state index contributed by atoms with van der Waals surface area (Å²) in [5, 5.41) is 18.5. The molecule has 0 fully saturated rings. The molecule has 2 aromatic carbocycles. The molecule has 6 heteroatoms. The highest BCUT2D eigenvalue weighted by molar-refractivity contribution is 6.16. The molecule has 0 unspecified atom stereocenters. The number of aromatic nitrogens is 2. The van der Waals surface area contributed by atoms with E-state index in [9.17, 15) is 5.11 Å². The van der Waals surface area contributed by atoms with Crippen molar-refractivity contribution in [2.75, 3.05) is 13.1 Å². The van der Waals surface area contributed by atoms with Crippen molar-refractivity contribution in [1.82, 2.24) is 15.0 Å². The van der Waals surface area contributed by atoms with E-state index in [-0.39, 0.29) is 5.75 Å². The van der Waals surface area contributed by atoms with E-state index in [2.05, 4.69) is 27.2 Å². The van der Waals surface area contributed by atoms with Crippen molar-refractivity contribution in [1.29, 1.82) is 0 Å². The summed E-state index contributed by atoms with van der Waals surface area (Å²) in [4.78, 5) is 4.71. The number of aliphatic imine (C=N–C) groups is 1. The molecule has 140 valence electrons. The third-order valence-corrected chi connectivity index (χ3v) is 5.16. The van der Waals surface area contributed by atoms with Crippen molar-refractivity contribution >= 4 is 16.7 Å². The molecule has 2 N–H and O–H groups in total. The number of rotatable bonds is 3. The third-order valence-electron chi connectivity index (χ3n) is 5.16. The van der Waals surface area contributed by atoms with Crippen molar-refractivity contribution < 1.29 is 9.63 Å². The molecule has 3 heterocycles. The molecule has 28 heavy (non-hydrogen) atoms. The van der Waals surface area contributed by atoms with Crippen LogP contribution in [0.15, 0.2) is 58.0 Å². The van der Waals surface area contributed by atoms with Gasteiger partial charge in [-0.15, -0.1) is 0 Å². The van der Waals surface area contributed by atoms with Crippen LogP contribution >= 0.6 is 0 Å². The van der Waals surface area contributed by atoms with Gasteiger partial charge >= 0.3 is 0 Å². The molecule has 2 aromatic heterocycles. The lowest BCUT2D eigenvalue weighted by molar-refractivity contribution is 0.393. The standard InChI is InChI=1S/C22H20N4O2/c1-13-19(14(2)28-25-13)21-20(22-23-11-12-24-22)17-5-3-4-6-18(17)26(21)15-7-9-16(27)10-8-15/h3-10,27H,11-12H2,1-2H3,(H,23,24). The molecule has 4 aromatic rings. The Bertz CT molecular complexity index is 1200. The number of amidine groups is 1. The fraction of sp³-hybridized carbons (Fsp3) is 0.182. The van der Waals surface area contributed by atoms with Crippen LogP contribution in [0.4, 0.5) is 0 Å². The highest BCUT2D eigenvalue weighted by atomic mass is 16.5. The Labute approximate surface area is 162 Å². The minimum Gasteiger partial charge on any atom is -0.508 e. The van der Waals surface area contributed by atoms with Gasteiger partial charge in [-0.05, 0) is 44.2 Å². The first-order valence-corrected chi connectivity index (χ1v) is 9.30. The second kappa shape index (κ2) is 6.27. The first kappa shape index (κ1) is 16.6. The van der Waals surface area contributed by atoms with E-state index >= 15 is 0 Å². The van der Waals surface area contributed by atoms with E-state index in [1.54, 1.807) is 12.1 Å². The lowest BCUT2D eigenvalue weighted by Crippen LogP contribution is -2.20. The molecule has 0 spiro atoms. The Hall–Kier alpha value is -3.54. The first-order valence-electron chi connectivity index (χ1n) is 9.30. The van der Waals surface area contributed by atoms with Crippen molar-refractivity contribution in [3.8, 4) is 22.7 Å². The summed E-state index contributed by atoms with van der Waals surface area (Å²) in [7, 11) is 0. The molecule has 6 nitrogen and oxygen atoms in total. The van der Waals surface area contributed by atoms with E-state index < -0.39 is 0 Å². The second-order valence-corrected chi connectivity index (χ2v) is 6.95. The molecule has 0 aliphatic carbocycles. The topological polar surface area (TPSA) is 75.6 Å². The van der Waals surface area contributed by atoms with Crippen LogP contribution in [0.5, 0.6) is 5.75 Å². The summed E-state index contributed by atoms with van der Waals surface area (Å²) in [6.45, 7) is 5.48. The normalized spacial score (nSPS) is 13.7. The quantitative estimate of drug-likeness (QED) is 0.571. The van der Waals surface area contributed by atoms with Gasteiger partial charge in [0.2, 0.25) is 0 Å². The number of para-hydroxylation sites is 1. The Morgan fingerprint density at radius 1 is 1.04 bits per heavy atom. The molecule has 0 amide bonds. The second-order valence-electron chi connectivity index (χ2n) is 6.95. The Balaban J connectivity index is 1.95. The number of hydrogen-bond donors (Lipinski definition) is 2. The van der Waals surface area contributed by atoms with E-state index in [4.69, 9.17) is 9.52 Å². The lowest BCUT2D eigenvalue weighted by atomic mass is 10.0. The van der Waals surface area contributed by atoms with E-state index in [0.717, 1.165) is 63.8 Å². The molecule has 0 saturated heterocycles. The number of nitrogens with zero attached hydrogens (tertiary/aromatic N) is 3. The van der Waals surface area contributed by atoms with E-state index in [1.807, 2.05) is 38.1 Å². The first-order chi connectivity index (χ1) is 13.6. The van der Waals surface area contributed by atoms with Gasteiger partial charge in [-0.25, -0.2) is 0 Å². The van der Waals surface area contributed by atoms with Gasteiger partial charge in [0.05, 0.1) is 34.6 Å². The molecular weight excluding hydrogens is 352 g/mol. The van der Waals surface area contributed by atoms with Crippen molar-refractivity contribution in [3.63, 3.8) is 0 Å². The Morgan fingerprint density at radius 2 is 1.82 bits per heavy atom. The van der Waals surface area contributed by atoms with Crippen LogP contribution in [0.2, 0.25) is 0 Å². The van der Waals surface area contributed by atoms with E-state index in [0.29, 0.717) is 0 Å². The number of fused-ring (bicyclic) bond motifs is 1. The van der Waals surface area contributed by atoms with Crippen molar-refractivity contribution in [2.24, 2.45) is 4.99 Å². The number of benzene rings is 2. The molecule has 5 rings (SSSR count). The predicted octanol–water partition coefficient (Wildman–Crippen LogP) is 3.96. The molecular formula is C22H20N4O2. The third kappa shape index (κ3) is 2.41. The zero-order valence-electron chi connectivity index (χ0n) is 15.7. The van der Waals surface area contributed by atoms with Crippen LogP contribution in [0.1, 0.15) is 17.0 Å². The van der Waals surface area contributed by atoms with Crippen LogP contribution in [0.25, 0.3) is 27.8 Å². The highest BCUT2D eigenvalue weighted by Crippen LogP contribution is 2.39. The van der Waals surface area contributed by atoms with Gasteiger partial charge < -0.3 is 19.5 Å². The summed E-state index contributed by atoms with van der Waals surface area (Å²) in [6, 6.07) is 15.5. The fourth-order valence-corrected chi connectivity index (χ4v) is 3.97. The number of phenols is 1. The summed E-state index contributed by atoms with van der Waals surface area (Å²) >= 11 is 0. The molecule has 0 atom stereocenters. The molecule has 1 aliphatic rings. The Morgan fingerprint density at radius 3 is 2.50 bits per heavy atom. The predicted molar refractivity (Wildman–Crippen MR) is 109 cm³/mol. The smallest absolute Gasteiger partial charge is 0.143 e. The maximum Gasteiger partial charge on any atom is 0.143 e. The van der Waals surface area contributed by atoms with Crippen LogP contribution in [-0.4, -0.2) is 33.8 Å². The fourth-order valence-electron chi connectivity index (χ4n) is 3.97. The minimum absolute atomic E-state index is 0.237. The average molecular weight is 372 g/mol. The number of nitrogens with one attached hydrogen (secondary N) is 1. The SMILES string of the molecule is Cc1noc(C)c1-c1c(C2=NCCN2)c2ccccc2n1-c1ccc(O)cc1. The monoisotopic (exact) mass is 372 g/mol. The van der Waals surface area contributed by atoms with Gasteiger partial charge in [0, 0.05) is 17.6 Å². The summed E-state index contributed by atoms with van der Waals surface area (Å²) in [5.41, 5.74) is 5.87. The molecule has 1 aliphatic heterocycles. The summed E-state index contributed by atoms with van der Waals surface area (Å²) < 4.78 is 7.70. The van der Waals surface area contributed by atoms with Gasteiger partial charge in [-0.3, -0.25) is 4.99 Å². The van der Waals surface area contributed by atoms with Crippen molar-refractivity contribution in [3.05, 3.63) is 65.5 Å². The zero-order chi connectivity index (χ0) is 19.3. The van der Waals surface area contributed by atoms with Gasteiger partial charge in [-0.1, -0.05) is 23.4 Å². The molecule has 0 saturated carbocycles. The maximum atomic E-state index is 9.77. The van der Waals surface area contributed by atoms with Crippen LogP contribution in [-0.2, 0) is 0 Å². The van der Waals surface area contributed by atoms with Gasteiger partial charge in [0.25, 0.3) is 0 Å². The number of phenolic OH excluding ortho intramolecular Hbond substituents is 1. The molecule has 0 bridgehead atoms. The summed E-state index contributed by atoms with van der Waals surface area (Å²) in [5.74, 6) is 1.89. The molecule has 0 radical (unpaired) electrons. The average Bonchev–Trinajstić information content (AvgIpc) is 3.40.